The molecule has 7 aromatic heterocycles. The Morgan fingerprint density at radius 3 is 1.59 bits per heavy atom. The summed E-state index contributed by atoms with van der Waals surface area (Å²) in [7, 11) is 0. The predicted molar refractivity (Wildman–Crippen MR) is 407 cm³/mol. The molecular formula is C91H57N5O3. The van der Waals surface area contributed by atoms with Gasteiger partial charge >= 0.3 is 0 Å². The summed E-state index contributed by atoms with van der Waals surface area (Å²) in [5.74, 6) is 2.72. The van der Waals surface area contributed by atoms with Gasteiger partial charge < -0.3 is 22.4 Å². The summed E-state index contributed by atoms with van der Waals surface area (Å²) in [4.78, 5) is 11.7. The van der Waals surface area contributed by atoms with Gasteiger partial charge in [-0.05, 0) is 161 Å². The molecule has 2 aliphatic carbocycles. The Morgan fingerprint density at radius 1 is 0.323 bits per heavy atom. The van der Waals surface area contributed by atoms with E-state index in [0.29, 0.717) is 5.95 Å². The number of nitrogens with zero attached hydrogens (tertiary/aromatic N) is 5. The number of benzene rings is 13. The summed E-state index contributed by atoms with van der Waals surface area (Å²) in [6.45, 7) is 0. The number of allylic oxidation sites excluding steroid dienone is 3. The molecule has 8 nitrogen and oxygen atoms in total. The third-order valence-electron chi connectivity index (χ3n) is 21.5. The second kappa shape index (κ2) is 20.9. The van der Waals surface area contributed by atoms with Gasteiger partial charge in [0, 0.05) is 99.9 Å². The fourth-order valence-corrected chi connectivity index (χ4v) is 16.9. The molecule has 0 radical (unpaired) electrons. The van der Waals surface area contributed by atoms with Crippen LogP contribution in [0.4, 0.5) is 0 Å². The standard InChI is InChI=1S/C91H57N5O3/c1-2-18-61-60(17-1)71(41-43-80(61)95-78-26-10-4-20-63(78)66-39-33-57(50-82(66)95)54-35-44-88-73(47-54)69-23-7-13-29-85(69)98-88)90-75-52-59(94-77-25-9-3-19-62(77)65-38-32-56(49-81(65)94)53-16-15-31-87-72(46-53)68-22-6-12-28-84(68)97-87)37-42-76(75)92-91(93-90)96-79-27-11-5-21-64(79)67-40-34-58(51-83(67)96)55-36-45-89-74(48-55)70-24-8-14-30-86(70)99-89/h1-7,9-13,15-23,25-29,32-52H,8,14,24,30-31H2. The lowest BCUT2D eigenvalue weighted by Crippen LogP contribution is -2.05. The molecule has 0 N–H and O–H groups in total. The molecule has 99 heavy (non-hydrogen) atoms. The van der Waals surface area contributed by atoms with Gasteiger partial charge in [0.15, 0.2) is 0 Å². The molecule has 0 amide bonds. The van der Waals surface area contributed by atoms with Crippen molar-refractivity contribution in [2.24, 2.45) is 0 Å². The average molecular weight is 1270 g/mol. The molecule has 0 saturated heterocycles. The van der Waals surface area contributed by atoms with Gasteiger partial charge in [0.25, 0.3) is 0 Å². The number of para-hydroxylation sites is 5. The largest absolute Gasteiger partial charge is 0.461 e. The highest BCUT2D eigenvalue weighted by atomic mass is 16.3. The zero-order chi connectivity index (χ0) is 64.6. The number of furan rings is 3. The maximum Gasteiger partial charge on any atom is 0.235 e. The van der Waals surface area contributed by atoms with Gasteiger partial charge in [-0.15, -0.1) is 0 Å². The summed E-state index contributed by atoms with van der Waals surface area (Å²) in [6, 6.07) is 97.3. The Bertz CT molecular complexity index is 6970. The van der Waals surface area contributed by atoms with Crippen LogP contribution in [0.15, 0.2) is 292 Å². The van der Waals surface area contributed by atoms with Crippen LogP contribution in [0, 0.1) is 0 Å². The molecule has 8 heteroatoms. The fraction of sp³-hybridized carbons (Fsp3) is 0.0549. The Hall–Kier alpha value is -12.8. The van der Waals surface area contributed by atoms with Crippen molar-refractivity contribution >= 4 is 143 Å². The van der Waals surface area contributed by atoms with Gasteiger partial charge in [-0.3, -0.25) is 4.57 Å². The molecule has 464 valence electrons. The number of aryl methyl sites for hydroxylation is 2. The van der Waals surface area contributed by atoms with Crippen molar-refractivity contribution in [1.82, 2.24) is 23.7 Å². The Kier molecular flexibility index (Phi) is 11.5. The molecule has 22 rings (SSSR count). The quantitative estimate of drug-likeness (QED) is 0.159. The van der Waals surface area contributed by atoms with E-state index in [9.17, 15) is 0 Å². The van der Waals surface area contributed by atoms with Gasteiger partial charge in [0.2, 0.25) is 5.95 Å². The SMILES string of the molecule is C1=CC(c2ccc3c4ccccc4n(-c4ccc5nc(-n6c7ccccc7c7ccc(-c8ccc9oc%10c(c9c8)CCCC%10)cc76)nc(-c6ccc(-n7c8ccccc8c8ccc(-c9ccc%10oc%11ccccc%11c%10c9)cc87)c7ccccc67)c5c4)c3c2)=Cc2c(oc3ccccc23)C1. The van der Waals surface area contributed by atoms with Gasteiger partial charge in [-0.2, -0.15) is 0 Å². The zero-order valence-electron chi connectivity index (χ0n) is 53.6. The highest BCUT2D eigenvalue weighted by molar-refractivity contribution is 6.16. The lowest BCUT2D eigenvalue weighted by molar-refractivity contribution is 0.506. The fourth-order valence-electron chi connectivity index (χ4n) is 16.9. The van der Waals surface area contributed by atoms with Crippen LogP contribution in [0.3, 0.4) is 0 Å². The van der Waals surface area contributed by atoms with E-state index >= 15 is 0 Å². The molecule has 0 bridgehead atoms. The van der Waals surface area contributed by atoms with Crippen molar-refractivity contribution in [2.45, 2.75) is 32.1 Å². The van der Waals surface area contributed by atoms with E-state index in [2.05, 4.69) is 281 Å². The van der Waals surface area contributed by atoms with E-state index in [1.54, 1.807) is 0 Å². The summed E-state index contributed by atoms with van der Waals surface area (Å²) in [5, 5.41) is 14.7. The smallest absolute Gasteiger partial charge is 0.235 e. The highest BCUT2D eigenvalue weighted by Crippen LogP contribution is 2.45. The number of aromatic nitrogens is 5. The lowest BCUT2D eigenvalue weighted by atomic mass is 9.94. The monoisotopic (exact) mass is 1270 g/mol. The van der Waals surface area contributed by atoms with E-state index in [4.69, 9.17) is 23.2 Å². The van der Waals surface area contributed by atoms with Crippen molar-refractivity contribution in [3.05, 3.63) is 307 Å². The number of hydrogen-bond acceptors (Lipinski definition) is 5. The van der Waals surface area contributed by atoms with Crippen LogP contribution < -0.4 is 0 Å². The molecule has 7 heterocycles. The summed E-state index contributed by atoms with van der Waals surface area (Å²) < 4.78 is 26.4. The molecular weight excluding hydrogens is 1210 g/mol. The number of rotatable bonds is 7. The Morgan fingerprint density at radius 2 is 0.848 bits per heavy atom. The third-order valence-corrected chi connectivity index (χ3v) is 21.5. The molecule has 0 spiro atoms. The number of fused-ring (bicyclic) bond motifs is 20. The van der Waals surface area contributed by atoms with Crippen LogP contribution in [-0.4, -0.2) is 23.7 Å². The molecule has 0 unspecified atom stereocenters. The molecule has 13 aromatic carbocycles. The van der Waals surface area contributed by atoms with Gasteiger partial charge in [-0.25, -0.2) is 9.97 Å². The van der Waals surface area contributed by atoms with Gasteiger partial charge in [-0.1, -0.05) is 182 Å². The molecule has 0 saturated carbocycles. The first-order valence-corrected chi connectivity index (χ1v) is 34.4. The predicted octanol–water partition coefficient (Wildman–Crippen LogP) is 24.0. The van der Waals surface area contributed by atoms with Crippen molar-refractivity contribution < 1.29 is 13.3 Å². The molecule has 0 atom stereocenters. The van der Waals surface area contributed by atoms with Crippen molar-refractivity contribution in [3.8, 4) is 50.8 Å². The van der Waals surface area contributed by atoms with Crippen LogP contribution in [-0.2, 0) is 19.3 Å². The summed E-state index contributed by atoms with van der Waals surface area (Å²) >= 11 is 0. The van der Waals surface area contributed by atoms with Crippen LogP contribution in [0.2, 0.25) is 0 Å². The molecule has 0 aliphatic heterocycles. The number of hydrogen-bond donors (Lipinski definition) is 0. The summed E-state index contributed by atoms with van der Waals surface area (Å²) in [6.07, 6.45) is 11.9. The van der Waals surface area contributed by atoms with Crippen LogP contribution in [0.1, 0.15) is 41.1 Å². The van der Waals surface area contributed by atoms with E-state index in [1.807, 2.05) is 18.2 Å². The van der Waals surface area contributed by atoms with Crippen molar-refractivity contribution in [3.63, 3.8) is 0 Å². The second-order valence-corrected chi connectivity index (χ2v) is 26.9. The van der Waals surface area contributed by atoms with Gasteiger partial charge in [0.1, 0.15) is 33.9 Å². The first-order valence-electron chi connectivity index (χ1n) is 34.4. The van der Waals surface area contributed by atoms with Gasteiger partial charge in [0.05, 0.1) is 50.0 Å². The van der Waals surface area contributed by atoms with Crippen LogP contribution in [0.5, 0.6) is 0 Å². The minimum atomic E-state index is 0.595. The third kappa shape index (κ3) is 8.14. The minimum Gasteiger partial charge on any atom is -0.461 e. The first kappa shape index (κ1) is 54.5. The Balaban J connectivity index is 0.770. The van der Waals surface area contributed by atoms with Crippen molar-refractivity contribution in [2.75, 3.05) is 0 Å². The summed E-state index contributed by atoms with van der Waals surface area (Å²) in [5.41, 5.74) is 24.2. The second-order valence-electron chi connectivity index (χ2n) is 26.9. The van der Waals surface area contributed by atoms with E-state index < -0.39 is 0 Å². The molecule has 0 fully saturated rings. The van der Waals surface area contributed by atoms with E-state index in [-0.39, 0.29) is 0 Å². The maximum atomic E-state index is 6.46. The van der Waals surface area contributed by atoms with Crippen LogP contribution >= 0.6 is 0 Å². The maximum absolute atomic E-state index is 6.46. The van der Waals surface area contributed by atoms with Crippen LogP contribution in [0.25, 0.3) is 193 Å². The molecule has 2 aliphatic rings. The molecule has 20 aromatic rings. The average Bonchev–Trinajstić information content (AvgIpc) is 1.66. The zero-order valence-corrected chi connectivity index (χ0v) is 53.6. The lowest BCUT2D eigenvalue weighted by Gasteiger charge is -2.17. The topological polar surface area (TPSA) is 80.0 Å². The highest BCUT2D eigenvalue weighted by Gasteiger charge is 2.26. The first-order chi connectivity index (χ1) is 49.0. The Labute approximate surface area is 566 Å². The van der Waals surface area contributed by atoms with Crippen molar-refractivity contribution in [1.29, 1.82) is 0 Å². The van der Waals surface area contributed by atoms with E-state index in [0.717, 1.165) is 196 Å². The van der Waals surface area contributed by atoms with E-state index in [1.165, 1.54) is 45.3 Å². The minimum absolute atomic E-state index is 0.595. The normalized spacial score (nSPS) is 13.5.